The second-order valence-electron chi connectivity index (χ2n) is 20.8. The molecule has 0 heterocycles. The van der Waals surface area contributed by atoms with Gasteiger partial charge in [0.15, 0.2) is 69.8 Å². The van der Waals surface area contributed by atoms with E-state index in [0.29, 0.717) is 6.07 Å². The van der Waals surface area contributed by atoms with Crippen molar-refractivity contribution in [3.8, 4) is 0 Å². The second-order valence-corrected chi connectivity index (χ2v) is 20.8. The summed E-state index contributed by atoms with van der Waals surface area (Å²) >= 11 is 0. The summed E-state index contributed by atoms with van der Waals surface area (Å²) in [5, 5.41) is 0. The summed E-state index contributed by atoms with van der Waals surface area (Å²) in [5.74, 6) is -71.4. The van der Waals surface area contributed by atoms with Gasteiger partial charge in [-0.1, -0.05) is 54.1 Å². The molecule has 0 atom stereocenters. The molecule has 0 saturated heterocycles. The molecule has 0 amide bonds. The number of hydrogen-bond acceptors (Lipinski definition) is 0. The number of hydrogen-bond donors (Lipinski definition) is 0. The monoisotopic (exact) mass is 1490 g/mol. The van der Waals surface area contributed by atoms with Crippen molar-refractivity contribution >= 4 is 56.0 Å². The molecule has 0 aliphatic carbocycles. The van der Waals surface area contributed by atoms with E-state index < -0.39 is 315 Å². The molecule has 0 aliphatic heterocycles. The van der Waals surface area contributed by atoms with Crippen LogP contribution in [0, 0.1) is 123 Å². The van der Waals surface area contributed by atoms with Gasteiger partial charge in [0.2, 0.25) is 0 Å². The van der Waals surface area contributed by atoms with Gasteiger partial charge in [-0.2, -0.15) is 114 Å². The summed E-state index contributed by atoms with van der Waals surface area (Å²) < 4.78 is 592. The molecular weight excluding hydrogens is 1470 g/mol. The van der Waals surface area contributed by atoms with Crippen LogP contribution in [-0.4, -0.2) is 12.3 Å². The molecule has 8 aromatic carbocycles. The van der Waals surface area contributed by atoms with Gasteiger partial charge in [0.25, 0.3) is 0 Å². The molecule has 0 bridgehead atoms. The lowest BCUT2D eigenvalue weighted by molar-refractivity contribution is -0.144. The Kier molecular flexibility index (Phi) is 19.8. The van der Waals surface area contributed by atoms with Crippen molar-refractivity contribution in [3.05, 3.63) is 234 Å². The summed E-state index contributed by atoms with van der Waals surface area (Å²) in [6, 6.07) is -4.15. The van der Waals surface area contributed by atoms with Crippen LogP contribution in [0.3, 0.4) is 0 Å². The van der Waals surface area contributed by atoms with Gasteiger partial charge in [-0.05, 0) is 31.2 Å². The van der Waals surface area contributed by atoms with Crippen LogP contribution in [0.4, 0.5) is 180 Å². The summed E-state index contributed by atoms with van der Waals surface area (Å²) in [6.07, 6.45) is -53.7. The Bertz CT molecular complexity index is 3900. The number of aryl methyl sites for hydroxylation is 1. The van der Waals surface area contributed by atoms with Gasteiger partial charge >= 0.3 is 43.2 Å². The van der Waals surface area contributed by atoms with Crippen molar-refractivity contribution in [2.45, 2.75) is 50.2 Å². The van der Waals surface area contributed by atoms with E-state index in [9.17, 15) is 145 Å². The minimum absolute atomic E-state index is 0.220. The Morgan fingerprint density at radius 3 is 0.455 bits per heavy atom. The highest BCUT2D eigenvalue weighted by molar-refractivity contribution is 7.20. The smallest absolute Gasteiger partial charge is 0.207 e. The van der Waals surface area contributed by atoms with Gasteiger partial charge in [0.1, 0.15) is 58.8 Å². The third-order valence-electron chi connectivity index (χ3n) is 15.0. The van der Waals surface area contributed by atoms with Crippen LogP contribution in [0.1, 0.15) is 44.5 Å². The zero-order valence-electron chi connectivity index (χ0n) is 46.1. The van der Waals surface area contributed by atoms with E-state index in [4.69, 9.17) is 0 Å². The number of rotatable bonds is 8. The van der Waals surface area contributed by atoms with Gasteiger partial charge in [-0.25, -0.2) is 87.8 Å². The van der Waals surface area contributed by atoms with Gasteiger partial charge < -0.3 is 0 Å². The van der Waals surface area contributed by atoms with E-state index in [-0.39, 0.29) is 12.1 Å². The molecule has 0 saturated carbocycles. The topological polar surface area (TPSA) is 0 Å². The molecule has 99 heavy (non-hydrogen) atoms. The van der Waals surface area contributed by atoms with E-state index in [2.05, 4.69) is 0 Å². The van der Waals surface area contributed by atoms with Crippen molar-refractivity contribution in [3.63, 3.8) is 0 Å². The molecule has 0 radical (unpaired) electrons. The predicted molar refractivity (Wildman–Crippen MR) is 259 cm³/mol. The Hall–Kier alpha value is -8.98. The van der Waals surface area contributed by atoms with Crippen molar-refractivity contribution < 1.29 is 180 Å². The average molecular weight is 1490 g/mol. The Morgan fingerprint density at radius 2 is 0.303 bits per heavy atom. The number of halogens is 41. The van der Waals surface area contributed by atoms with E-state index in [1.807, 2.05) is 0 Å². The minimum atomic E-state index is -7.22. The molecule has 0 fully saturated rings. The predicted octanol–water partition coefficient (Wildman–Crippen LogP) is 16.4. The molecule has 8 rings (SSSR count). The fourth-order valence-corrected chi connectivity index (χ4v) is 10.9. The summed E-state index contributed by atoms with van der Waals surface area (Å²) in [6.45, 7) is 0.730. The second kappa shape index (κ2) is 25.3. The normalized spacial score (nSPS) is 13.2. The van der Waals surface area contributed by atoms with Crippen LogP contribution in [0.2, 0.25) is 0 Å². The fourth-order valence-electron chi connectivity index (χ4n) is 10.9. The molecular formula is C56H15B2F41-2. The Morgan fingerprint density at radius 1 is 0.172 bits per heavy atom. The van der Waals surface area contributed by atoms with Crippen molar-refractivity contribution in [2.75, 3.05) is 0 Å². The number of benzene rings is 8. The lowest BCUT2D eigenvalue weighted by Crippen LogP contribution is -2.81. The van der Waals surface area contributed by atoms with E-state index >= 15 is 35.1 Å². The summed E-state index contributed by atoms with van der Waals surface area (Å²) in [7, 11) is 0. The molecule has 43 heteroatoms. The van der Waals surface area contributed by atoms with Gasteiger partial charge in [0.05, 0.1) is 38.9 Å². The van der Waals surface area contributed by atoms with Crippen LogP contribution < -0.4 is 43.7 Å². The fraction of sp³-hybridized carbons (Fsp3) is 0.143. The maximum atomic E-state index is 15.4. The third kappa shape index (κ3) is 13.3. The molecule has 534 valence electrons. The van der Waals surface area contributed by atoms with Crippen molar-refractivity contribution in [2.24, 2.45) is 0 Å². The maximum Gasteiger partial charge on any atom is 0.416 e. The van der Waals surface area contributed by atoms with Crippen LogP contribution in [0.25, 0.3) is 0 Å². The van der Waals surface area contributed by atoms with Gasteiger partial charge in [-0.3, -0.25) is 0 Å². The van der Waals surface area contributed by atoms with Crippen LogP contribution >= 0.6 is 0 Å². The summed E-state index contributed by atoms with van der Waals surface area (Å²) in [5.41, 5.74) is -38.7. The van der Waals surface area contributed by atoms with Gasteiger partial charge in [-0.15, -0.1) is 21.9 Å². The highest BCUT2D eigenvalue weighted by Crippen LogP contribution is 2.42. The highest BCUT2D eigenvalue weighted by Gasteiger charge is 2.54. The molecule has 0 nitrogen and oxygen atoms in total. The first-order valence-corrected chi connectivity index (χ1v) is 25.2. The molecule has 0 unspecified atom stereocenters. The highest BCUT2D eigenvalue weighted by atomic mass is 19.4. The molecule has 0 spiro atoms. The zero-order chi connectivity index (χ0) is 75.8. The zero-order valence-corrected chi connectivity index (χ0v) is 46.1. The van der Waals surface area contributed by atoms with Crippen molar-refractivity contribution in [1.29, 1.82) is 0 Å². The average Bonchev–Trinajstić information content (AvgIpc) is 0.692. The first-order chi connectivity index (χ1) is 44.8. The molecule has 0 aliphatic rings. The first-order valence-electron chi connectivity index (χ1n) is 25.2. The SMILES string of the molecule is Cc1cc([B-](c2cc(C(F)(F)F)cc(C(F)(F)F)c2)(c2cc(C(F)(F)F)cc(C(F)(F)F)c2)c2cc(C(F)(F)F)cc(C(F)(F)F)c2)cc(C(F)(F)F)c1.Fc1c(F)c(F)c([B-](c2c(F)c(F)c(F)c(F)c2F)(c2c(F)c(F)c(F)c(F)c2F)c2c(F)c(F)c(F)c(F)c2F)c(F)c1F. The maximum absolute atomic E-state index is 15.4. The quantitative estimate of drug-likeness (QED) is 0.0616. The minimum Gasteiger partial charge on any atom is -0.207 e. The third-order valence-corrected chi connectivity index (χ3v) is 15.0. The van der Waals surface area contributed by atoms with Crippen LogP contribution in [-0.2, 0) is 43.2 Å². The van der Waals surface area contributed by atoms with Crippen LogP contribution in [0.5, 0.6) is 0 Å². The molecule has 8 aromatic rings. The lowest BCUT2D eigenvalue weighted by atomic mass is 9.12. The van der Waals surface area contributed by atoms with Crippen molar-refractivity contribution in [1.82, 2.24) is 0 Å². The lowest BCUT2D eigenvalue weighted by Gasteiger charge is -2.46. The largest absolute Gasteiger partial charge is 0.416 e. The van der Waals surface area contributed by atoms with E-state index in [1.54, 1.807) is 0 Å². The van der Waals surface area contributed by atoms with Gasteiger partial charge in [0, 0.05) is 0 Å². The summed E-state index contributed by atoms with van der Waals surface area (Å²) in [4.78, 5) is 0. The molecule has 0 aromatic heterocycles. The Balaban J connectivity index is 0.000000283. The van der Waals surface area contributed by atoms with Crippen LogP contribution in [0.15, 0.2) is 72.8 Å². The Labute approximate surface area is 519 Å². The number of alkyl halides is 21. The molecule has 0 N–H and O–H groups in total. The first kappa shape index (κ1) is 77.4. The van der Waals surface area contributed by atoms with E-state index in [0.717, 1.165) is 6.92 Å². The van der Waals surface area contributed by atoms with E-state index in [1.165, 1.54) is 0 Å². The standard InChI is InChI=1S/C32H15BF21.C24BF20/c1-14-2-15(26(34,35)36)7-22(3-14)33(23-8-16(27(37,38)39)4-17(9-23)28(40,41)42,24-10-18(29(43,44)45)5-19(11-24)30(46,47)48)25-12-20(31(49,50)51)6-21(13-25)32(52,53)54;26-5-1(6(27)14(35)21(42)13(5)34)25(2-7(28)15(36)22(43)16(37)8(2)29,3-9(30)17(38)23(44)18(39)10(3)31)4-11(32)19(40)24(45)20(41)12(4)33/h2-13H,1H3;/q2*-1.